The van der Waals surface area contributed by atoms with Gasteiger partial charge in [0, 0.05) is 25.2 Å². The average molecular weight is 448 g/mol. The summed E-state index contributed by atoms with van der Waals surface area (Å²) in [6.07, 6.45) is 4.42. The third kappa shape index (κ3) is 4.18. The van der Waals surface area contributed by atoms with Crippen molar-refractivity contribution in [2.45, 2.75) is 20.3 Å². The van der Waals surface area contributed by atoms with Gasteiger partial charge in [-0.2, -0.15) is 5.10 Å². The van der Waals surface area contributed by atoms with Crippen LogP contribution in [0.1, 0.15) is 33.6 Å². The molecule has 7 heteroatoms. The molecule has 33 heavy (non-hydrogen) atoms. The Morgan fingerprint density at radius 1 is 1.00 bits per heavy atom. The Morgan fingerprint density at radius 3 is 2.27 bits per heavy atom. The van der Waals surface area contributed by atoms with E-state index in [4.69, 9.17) is 14.2 Å². The van der Waals surface area contributed by atoms with Gasteiger partial charge in [0.05, 0.1) is 50.0 Å². The van der Waals surface area contributed by atoms with Crippen LogP contribution in [-0.4, -0.2) is 55.0 Å². The van der Waals surface area contributed by atoms with E-state index in [2.05, 4.69) is 11.2 Å². The number of carbonyl (C=O) groups is 1. The number of carbonyl (C=O) groups excluding carboxylic acids is 1. The highest BCUT2D eigenvalue weighted by atomic mass is 16.5. The highest BCUT2D eigenvalue weighted by Gasteiger charge is 2.26. The minimum atomic E-state index is -0.0173. The van der Waals surface area contributed by atoms with Crippen LogP contribution in [0.25, 0.3) is 11.3 Å². The third-order valence-electron chi connectivity index (χ3n) is 6.12. The van der Waals surface area contributed by atoms with Crippen LogP contribution >= 0.6 is 0 Å². The third-order valence-corrected chi connectivity index (χ3v) is 6.12. The van der Waals surface area contributed by atoms with Crippen molar-refractivity contribution in [3.63, 3.8) is 0 Å². The van der Waals surface area contributed by atoms with Crippen molar-refractivity contribution >= 4 is 11.5 Å². The Kier molecular flexibility index (Phi) is 6.40. The van der Waals surface area contributed by atoms with Crippen LogP contribution in [0.3, 0.4) is 0 Å². The van der Waals surface area contributed by atoms with Crippen LogP contribution in [0.2, 0.25) is 0 Å². The lowest BCUT2D eigenvalue weighted by Crippen LogP contribution is -2.35. The molecule has 3 aromatic rings. The molecule has 0 saturated heterocycles. The molecule has 1 aliphatic rings. The number of hydrogen-bond acceptors (Lipinski definition) is 5. The molecule has 0 saturated carbocycles. The number of hydrogen-bond donors (Lipinski definition) is 0. The monoisotopic (exact) mass is 447 g/mol. The van der Waals surface area contributed by atoms with Gasteiger partial charge in [0.25, 0.3) is 5.91 Å². The van der Waals surface area contributed by atoms with Crippen molar-refractivity contribution < 1.29 is 19.0 Å². The number of methoxy groups -OCH3 is 3. The van der Waals surface area contributed by atoms with E-state index in [0.717, 1.165) is 28.1 Å². The maximum Gasteiger partial charge on any atom is 0.257 e. The number of benzene rings is 2. The van der Waals surface area contributed by atoms with Crippen LogP contribution in [0.15, 0.2) is 48.7 Å². The fraction of sp³-hybridized carbons (Fsp3) is 0.308. The molecule has 0 spiro atoms. The quantitative estimate of drug-likeness (QED) is 0.559. The van der Waals surface area contributed by atoms with E-state index in [-0.39, 0.29) is 5.91 Å². The zero-order valence-corrected chi connectivity index (χ0v) is 19.7. The number of para-hydroxylation sites is 1. The maximum atomic E-state index is 13.3. The summed E-state index contributed by atoms with van der Waals surface area (Å²) in [5, 5.41) is 4.50. The van der Waals surface area contributed by atoms with Crippen LogP contribution in [0, 0.1) is 13.8 Å². The molecule has 0 fully saturated rings. The summed E-state index contributed by atoms with van der Waals surface area (Å²) in [6, 6.07) is 11.7. The van der Waals surface area contributed by atoms with Crippen molar-refractivity contribution in [3.05, 3.63) is 71.1 Å². The van der Waals surface area contributed by atoms with Gasteiger partial charge in [-0.15, -0.1) is 0 Å². The van der Waals surface area contributed by atoms with E-state index in [9.17, 15) is 4.79 Å². The smallest absolute Gasteiger partial charge is 0.257 e. The van der Waals surface area contributed by atoms with Gasteiger partial charge in [0.1, 0.15) is 17.2 Å². The molecule has 2 aromatic carbocycles. The highest BCUT2D eigenvalue weighted by molar-refractivity contribution is 5.96. The summed E-state index contributed by atoms with van der Waals surface area (Å²) >= 11 is 0. The summed E-state index contributed by atoms with van der Waals surface area (Å²) in [6.45, 7) is 5.07. The van der Waals surface area contributed by atoms with E-state index >= 15 is 0 Å². The molecule has 2 heterocycles. The maximum absolute atomic E-state index is 13.3. The van der Waals surface area contributed by atoms with Crippen LogP contribution < -0.4 is 14.2 Å². The summed E-state index contributed by atoms with van der Waals surface area (Å²) in [7, 11) is 4.87. The molecular formula is C26H29N3O4. The number of ether oxygens (including phenoxy) is 3. The average Bonchev–Trinajstić information content (AvgIpc) is 3.23. The van der Waals surface area contributed by atoms with Crippen LogP contribution in [0.5, 0.6) is 17.2 Å². The zero-order valence-electron chi connectivity index (χ0n) is 19.7. The molecule has 0 atom stereocenters. The number of aromatic nitrogens is 2. The van der Waals surface area contributed by atoms with E-state index in [1.165, 1.54) is 0 Å². The predicted octanol–water partition coefficient (Wildman–Crippen LogP) is 4.44. The Hall–Kier alpha value is -3.74. The Bertz CT molecular complexity index is 1190. The molecule has 0 aliphatic carbocycles. The summed E-state index contributed by atoms with van der Waals surface area (Å²) < 4.78 is 18.4. The van der Waals surface area contributed by atoms with Gasteiger partial charge in [0.2, 0.25) is 0 Å². The van der Waals surface area contributed by atoms with Gasteiger partial charge in [-0.05, 0) is 37.5 Å². The SMILES string of the molecule is COc1cc(OC)c(C2=CCN(C(=O)c3cnn(-c4ccccc4C)c3C)CC2)c(OC)c1. The second-order valence-corrected chi connectivity index (χ2v) is 7.98. The van der Waals surface area contributed by atoms with Crippen molar-refractivity contribution in [2.24, 2.45) is 0 Å². The number of nitrogens with zero attached hydrogens (tertiary/aromatic N) is 3. The van der Waals surface area contributed by atoms with Gasteiger partial charge in [0.15, 0.2) is 0 Å². The first-order valence-electron chi connectivity index (χ1n) is 10.9. The molecule has 1 amide bonds. The van der Waals surface area contributed by atoms with E-state index < -0.39 is 0 Å². The minimum Gasteiger partial charge on any atom is -0.496 e. The lowest BCUT2D eigenvalue weighted by Gasteiger charge is -2.28. The fourth-order valence-electron chi connectivity index (χ4n) is 4.24. The van der Waals surface area contributed by atoms with Gasteiger partial charge in [-0.1, -0.05) is 24.3 Å². The first-order chi connectivity index (χ1) is 16.0. The second kappa shape index (κ2) is 9.40. The Labute approximate surface area is 194 Å². The van der Waals surface area contributed by atoms with Crippen molar-refractivity contribution in [1.29, 1.82) is 0 Å². The summed E-state index contributed by atoms with van der Waals surface area (Å²) in [4.78, 5) is 15.1. The molecule has 4 rings (SSSR count). The van der Waals surface area contributed by atoms with Crippen molar-refractivity contribution in [2.75, 3.05) is 34.4 Å². The van der Waals surface area contributed by atoms with Gasteiger partial charge < -0.3 is 19.1 Å². The minimum absolute atomic E-state index is 0.0173. The van der Waals surface area contributed by atoms with E-state index in [1.54, 1.807) is 27.5 Å². The topological polar surface area (TPSA) is 65.8 Å². The molecule has 1 aliphatic heterocycles. The Balaban J connectivity index is 1.58. The molecule has 172 valence electrons. The van der Waals surface area contributed by atoms with E-state index in [0.29, 0.717) is 42.3 Å². The predicted molar refractivity (Wildman–Crippen MR) is 128 cm³/mol. The highest BCUT2D eigenvalue weighted by Crippen LogP contribution is 2.41. The van der Waals surface area contributed by atoms with E-state index in [1.807, 2.05) is 59.8 Å². The molecule has 7 nitrogen and oxygen atoms in total. The van der Waals surface area contributed by atoms with Gasteiger partial charge >= 0.3 is 0 Å². The Morgan fingerprint density at radius 2 is 1.70 bits per heavy atom. The van der Waals surface area contributed by atoms with Crippen molar-refractivity contribution in [1.82, 2.24) is 14.7 Å². The van der Waals surface area contributed by atoms with Gasteiger partial charge in [-0.25, -0.2) is 4.68 Å². The first-order valence-corrected chi connectivity index (χ1v) is 10.9. The van der Waals surface area contributed by atoms with Crippen LogP contribution in [0.4, 0.5) is 0 Å². The molecule has 0 bridgehead atoms. The molecule has 0 unspecified atom stereocenters. The lowest BCUT2D eigenvalue weighted by atomic mass is 9.97. The second-order valence-electron chi connectivity index (χ2n) is 7.98. The zero-order chi connectivity index (χ0) is 23.5. The fourth-order valence-corrected chi connectivity index (χ4v) is 4.24. The molecular weight excluding hydrogens is 418 g/mol. The molecule has 0 radical (unpaired) electrons. The number of rotatable bonds is 6. The van der Waals surface area contributed by atoms with Crippen LogP contribution in [-0.2, 0) is 0 Å². The number of aryl methyl sites for hydroxylation is 1. The summed E-state index contributed by atoms with van der Waals surface area (Å²) in [5.74, 6) is 2.03. The normalized spacial score (nSPS) is 13.5. The molecule has 1 aromatic heterocycles. The largest absolute Gasteiger partial charge is 0.496 e. The lowest BCUT2D eigenvalue weighted by molar-refractivity contribution is 0.0772. The molecule has 0 N–H and O–H groups in total. The summed E-state index contributed by atoms with van der Waals surface area (Å²) in [5.41, 5.74) is 5.53. The first kappa shape index (κ1) is 22.5. The van der Waals surface area contributed by atoms with Gasteiger partial charge in [-0.3, -0.25) is 4.79 Å². The standard InChI is InChI=1S/C26H29N3O4/c1-17-8-6-7-9-22(17)29-18(2)21(16-27-29)26(30)28-12-10-19(11-13-28)25-23(32-4)14-20(31-3)15-24(25)33-5/h6-10,14-16H,11-13H2,1-5H3. The van der Waals surface area contributed by atoms with Crippen molar-refractivity contribution in [3.8, 4) is 22.9 Å². The number of amides is 1.